The van der Waals surface area contributed by atoms with Gasteiger partial charge in [0.15, 0.2) is 0 Å². The van der Waals surface area contributed by atoms with Crippen molar-refractivity contribution in [2.45, 2.75) is 32.4 Å². The van der Waals surface area contributed by atoms with Gasteiger partial charge in [-0.25, -0.2) is 4.79 Å². The first-order chi connectivity index (χ1) is 9.74. The minimum absolute atomic E-state index is 0.0949. The van der Waals surface area contributed by atoms with Crippen molar-refractivity contribution in [2.75, 3.05) is 0 Å². The number of urea groups is 1. The molecule has 0 aliphatic rings. The van der Waals surface area contributed by atoms with E-state index in [0.29, 0.717) is 6.54 Å². The first kappa shape index (κ1) is 14.1. The molecule has 0 spiro atoms. The van der Waals surface area contributed by atoms with Crippen LogP contribution in [0.5, 0.6) is 0 Å². The third kappa shape index (κ3) is 4.76. The fraction of sp³-hybridized carbons (Fsp3) is 0.333. The summed E-state index contributed by atoms with van der Waals surface area (Å²) in [6.45, 7) is 2.48. The van der Waals surface area contributed by atoms with E-state index in [1.807, 2.05) is 31.2 Å². The van der Waals surface area contributed by atoms with Crippen LogP contribution in [0.3, 0.4) is 0 Å². The molecular weight excluding hydrogens is 254 g/mol. The Morgan fingerprint density at radius 2 is 2.15 bits per heavy atom. The molecule has 0 saturated carbocycles. The van der Waals surface area contributed by atoms with Gasteiger partial charge >= 0.3 is 6.03 Å². The van der Waals surface area contributed by atoms with Crippen LogP contribution < -0.4 is 10.6 Å². The molecule has 0 aromatic carbocycles. The number of nitrogens with zero attached hydrogens (tertiary/aromatic N) is 1. The molecule has 0 aliphatic carbocycles. The second kappa shape index (κ2) is 7.33. The van der Waals surface area contributed by atoms with Crippen LogP contribution >= 0.6 is 0 Å². The van der Waals surface area contributed by atoms with E-state index in [4.69, 9.17) is 4.42 Å². The normalized spacial score (nSPS) is 11.8. The van der Waals surface area contributed by atoms with Crippen molar-refractivity contribution in [3.63, 3.8) is 0 Å². The van der Waals surface area contributed by atoms with Crippen molar-refractivity contribution in [2.24, 2.45) is 0 Å². The summed E-state index contributed by atoms with van der Waals surface area (Å²) in [7, 11) is 0. The summed E-state index contributed by atoms with van der Waals surface area (Å²) in [6, 6.07) is 7.50. The maximum Gasteiger partial charge on any atom is 0.315 e. The third-order valence-electron chi connectivity index (χ3n) is 2.98. The van der Waals surface area contributed by atoms with Crippen LogP contribution in [0.1, 0.15) is 24.7 Å². The number of rotatable bonds is 6. The van der Waals surface area contributed by atoms with E-state index in [9.17, 15) is 4.79 Å². The van der Waals surface area contributed by atoms with E-state index in [2.05, 4.69) is 15.6 Å². The molecule has 2 heterocycles. The zero-order valence-electron chi connectivity index (χ0n) is 11.5. The van der Waals surface area contributed by atoms with Crippen molar-refractivity contribution in [3.05, 3.63) is 54.2 Å². The second-order valence-electron chi connectivity index (χ2n) is 4.70. The summed E-state index contributed by atoms with van der Waals surface area (Å²) in [5.41, 5.74) is 1.03. The first-order valence-corrected chi connectivity index (χ1v) is 6.69. The van der Waals surface area contributed by atoms with Gasteiger partial charge in [0.2, 0.25) is 0 Å². The highest BCUT2D eigenvalue weighted by Gasteiger charge is 2.07. The Kier molecular flexibility index (Phi) is 5.17. The molecule has 0 bridgehead atoms. The Morgan fingerprint density at radius 1 is 1.35 bits per heavy atom. The highest BCUT2D eigenvalue weighted by Crippen LogP contribution is 2.05. The molecule has 1 atom stereocenters. The molecule has 5 heteroatoms. The van der Waals surface area contributed by atoms with Gasteiger partial charge in [0, 0.05) is 31.4 Å². The van der Waals surface area contributed by atoms with Crippen molar-refractivity contribution in [3.8, 4) is 0 Å². The topological polar surface area (TPSA) is 67.2 Å². The van der Waals surface area contributed by atoms with Gasteiger partial charge in [-0.1, -0.05) is 0 Å². The van der Waals surface area contributed by atoms with E-state index >= 15 is 0 Å². The minimum Gasteiger partial charge on any atom is -0.469 e. The minimum atomic E-state index is -0.159. The number of aryl methyl sites for hydroxylation is 1. The van der Waals surface area contributed by atoms with E-state index in [1.54, 1.807) is 18.7 Å². The summed E-state index contributed by atoms with van der Waals surface area (Å²) >= 11 is 0. The second-order valence-corrected chi connectivity index (χ2v) is 4.70. The molecular formula is C15H19N3O2. The average molecular weight is 273 g/mol. The summed E-state index contributed by atoms with van der Waals surface area (Å²) in [5, 5.41) is 5.73. The molecule has 2 aromatic heterocycles. The molecule has 0 unspecified atom stereocenters. The molecule has 2 amide bonds. The van der Waals surface area contributed by atoms with Gasteiger partial charge in [-0.2, -0.15) is 0 Å². The van der Waals surface area contributed by atoms with E-state index < -0.39 is 0 Å². The number of pyridine rings is 1. The number of aromatic nitrogens is 1. The van der Waals surface area contributed by atoms with Crippen LogP contribution in [0.4, 0.5) is 4.79 Å². The summed E-state index contributed by atoms with van der Waals surface area (Å²) in [6.07, 6.45) is 6.74. The maximum atomic E-state index is 11.7. The van der Waals surface area contributed by atoms with Gasteiger partial charge < -0.3 is 15.1 Å². The Balaban J connectivity index is 1.66. The predicted molar refractivity (Wildman–Crippen MR) is 76.1 cm³/mol. The van der Waals surface area contributed by atoms with Gasteiger partial charge in [-0.05, 0) is 43.2 Å². The molecule has 0 saturated heterocycles. The van der Waals surface area contributed by atoms with Gasteiger partial charge in [0.25, 0.3) is 0 Å². The quantitative estimate of drug-likeness (QED) is 0.849. The smallest absolute Gasteiger partial charge is 0.315 e. The van der Waals surface area contributed by atoms with Gasteiger partial charge in [0.1, 0.15) is 5.76 Å². The standard InChI is InChI=1S/C15H19N3O2/c1-12(4-5-14-3-2-10-20-14)18-15(19)17-11-13-6-8-16-9-7-13/h2-3,6-10,12H,4-5,11H2,1H3,(H2,17,18,19)/t12-/m0/s1. The fourth-order valence-electron chi connectivity index (χ4n) is 1.84. The lowest BCUT2D eigenvalue weighted by Gasteiger charge is -2.14. The number of hydrogen-bond acceptors (Lipinski definition) is 3. The Labute approximate surface area is 118 Å². The number of hydrogen-bond donors (Lipinski definition) is 2. The number of furan rings is 1. The van der Waals surface area contributed by atoms with Crippen LogP contribution in [0.2, 0.25) is 0 Å². The lowest BCUT2D eigenvalue weighted by atomic mass is 10.1. The lowest BCUT2D eigenvalue weighted by Crippen LogP contribution is -2.40. The number of amides is 2. The van der Waals surface area contributed by atoms with Crippen LogP contribution in [0.15, 0.2) is 47.3 Å². The van der Waals surface area contributed by atoms with Crippen molar-refractivity contribution in [1.82, 2.24) is 15.6 Å². The Morgan fingerprint density at radius 3 is 2.85 bits per heavy atom. The molecule has 20 heavy (non-hydrogen) atoms. The molecule has 106 valence electrons. The Bertz CT molecular complexity index is 511. The largest absolute Gasteiger partial charge is 0.469 e. The number of carbonyl (C=O) groups excluding carboxylic acids is 1. The van der Waals surface area contributed by atoms with Gasteiger partial charge in [0.05, 0.1) is 6.26 Å². The molecule has 2 rings (SSSR count). The highest BCUT2D eigenvalue weighted by atomic mass is 16.3. The average Bonchev–Trinajstić information content (AvgIpc) is 2.97. The van der Waals surface area contributed by atoms with Crippen LogP contribution in [0.25, 0.3) is 0 Å². The molecule has 5 nitrogen and oxygen atoms in total. The molecule has 0 radical (unpaired) electrons. The third-order valence-corrected chi connectivity index (χ3v) is 2.98. The SMILES string of the molecule is C[C@@H](CCc1ccco1)NC(=O)NCc1ccncc1. The van der Waals surface area contributed by atoms with E-state index in [1.165, 1.54) is 0 Å². The van der Waals surface area contributed by atoms with E-state index in [-0.39, 0.29) is 12.1 Å². The summed E-state index contributed by atoms with van der Waals surface area (Å²) < 4.78 is 5.26. The maximum absolute atomic E-state index is 11.7. The Hall–Kier alpha value is -2.30. The monoisotopic (exact) mass is 273 g/mol. The first-order valence-electron chi connectivity index (χ1n) is 6.69. The van der Waals surface area contributed by atoms with Crippen molar-refractivity contribution < 1.29 is 9.21 Å². The fourth-order valence-corrected chi connectivity index (χ4v) is 1.84. The number of nitrogens with one attached hydrogen (secondary N) is 2. The molecule has 0 aliphatic heterocycles. The van der Waals surface area contributed by atoms with E-state index in [0.717, 1.165) is 24.2 Å². The predicted octanol–water partition coefficient (Wildman–Crippen LogP) is 2.50. The van der Waals surface area contributed by atoms with Gasteiger partial charge in [-0.15, -0.1) is 0 Å². The summed E-state index contributed by atoms with van der Waals surface area (Å²) in [4.78, 5) is 15.7. The highest BCUT2D eigenvalue weighted by molar-refractivity contribution is 5.74. The zero-order valence-corrected chi connectivity index (χ0v) is 11.5. The van der Waals surface area contributed by atoms with Crippen LogP contribution in [-0.4, -0.2) is 17.1 Å². The van der Waals surface area contributed by atoms with Crippen molar-refractivity contribution >= 4 is 6.03 Å². The lowest BCUT2D eigenvalue weighted by molar-refractivity contribution is 0.236. The zero-order chi connectivity index (χ0) is 14.2. The van der Waals surface area contributed by atoms with Gasteiger partial charge in [-0.3, -0.25) is 4.98 Å². The van der Waals surface area contributed by atoms with Crippen LogP contribution in [0, 0.1) is 0 Å². The molecule has 0 fully saturated rings. The van der Waals surface area contributed by atoms with Crippen molar-refractivity contribution in [1.29, 1.82) is 0 Å². The molecule has 2 aromatic rings. The molecule has 2 N–H and O–H groups in total. The summed E-state index contributed by atoms with van der Waals surface area (Å²) in [5.74, 6) is 0.941. The number of carbonyl (C=O) groups is 1. The van der Waals surface area contributed by atoms with Crippen LogP contribution in [-0.2, 0) is 13.0 Å².